The fraction of sp³-hybridized carbons (Fsp3) is 0.350. The molecule has 5 nitrogen and oxygen atoms in total. The number of aliphatic hydroxyl groups excluding tert-OH is 1. The zero-order chi connectivity index (χ0) is 18.2. The Bertz CT molecular complexity index is 686. The number of benzene rings is 2. The van der Waals surface area contributed by atoms with Crippen LogP contribution in [-0.4, -0.2) is 28.8 Å². The standard InChI is InChI=1S/C20H26N2O3/c1-14-5-3-4-6-18(14)19(24)13-21-20(25)22-15(2)7-8-16-9-11-17(23)12-10-16/h3-6,9-12,15,19,23-24H,7-8,13H2,1-2H3,(H2,21,22,25). The Balaban J connectivity index is 1.72. The Labute approximate surface area is 148 Å². The molecule has 5 heteroatoms. The van der Waals surface area contributed by atoms with E-state index < -0.39 is 6.10 Å². The van der Waals surface area contributed by atoms with E-state index in [4.69, 9.17) is 0 Å². The largest absolute Gasteiger partial charge is 0.508 e. The summed E-state index contributed by atoms with van der Waals surface area (Å²) in [6.45, 7) is 4.04. The molecule has 0 spiro atoms. The van der Waals surface area contributed by atoms with Gasteiger partial charge in [0, 0.05) is 12.6 Å². The number of phenols is 1. The summed E-state index contributed by atoms with van der Waals surface area (Å²) in [6, 6.07) is 14.4. The van der Waals surface area contributed by atoms with Crippen molar-refractivity contribution in [3.63, 3.8) is 0 Å². The van der Waals surface area contributed by atoms with E-state index in [1.807, 2.05) is 50.2 Å². The van der Waals surface area contributed by atoms with Gasteiger partial charge in [0.2, 0.25) is 0 Å². The highest BCUT2D eigenvalue weighted by atomic mass is 16.3. The molecule has 0 aliphatic rings. The van der Waals surface area contributed by atoms with E-state index in [0.717, 1.165) is 29.5 Å². The van der Waals surface area contributed by atoms with Gasteiger partial charge >= 0.3 is 6.03 Å². The number of carbonyl (C=O) groups excluding carboxylic acids is 1. The number of amides is 2. The van der Waals surface area contributed by atoms with Crippen LogP contribution in [0, 0.1) is 6.92 Å². The molecule has 0 saturated carbocycles. The lowest BCUT2D eigenvalue weighted by atomic mass is 10.0. The molecule has 0 aliphatic heterocycles. The maximum absolute atomic E-state index is 12.0. The van der Waals surface area contributed by atoms with Crippen LogP contribution in [0.15, 0.2) is 48.5 Å². The average molecular weight is 342 g/mol. The molecule has 0 aromatic heterocycles. The molecule has 0 aliphatic carbocycles. The number of nitrogens with one attached hydrogen (secondary N) is 2. The summed E-state index contributed by atoms with van der Waals surface area (Å²) >= 11 is 0. The fourth-order valence-corrected chi connectivity index (χ4v) is 2.65. The third-order valence-corrected chi connectivity index (χ3v) is 4.18. The van der Waals surface area contributed by atoms with Crippen LogP contribution in [0.25, 0.3) is 0 Å². The molecule has 134 valence electrons. The molecule has 25 heavy (non-hydrogen) atoms. The second-order valence-corrected chi connectivity index (χ2v) is 6.33. The highest BCUT2D eigenvalue weighted by Gasteiger charge is 2.12. The van der Waals surface area contributed by atoms with Crippen LogP contribution in [0.2, 0.25) is 0 Å². The van der Waals surface area contributed by atoms with E-state index in [-0.39, 0.29) is 24.4 Å². The first kappa shape index (κ1) is 18.8. The van der Waals surface area contributed by atoms with Gasteiger partial charge in [-0.05, 0) is 55.5 Å². The number of carbonyl (C=O) groups is 1. The molecule has 4 N–H and O–H groups in total. The zero-order valence-corrected chi connectivity index (χ0v) is 14.7. The maximum atomic E-state index is 12.0. The van der Waals surface area contributed by atoms with E-state index >= 15 is 0 Å². The van der Waals surface area contributed by atoms with Gasteiger partial charge in [-0.1, -0.05) is 36.4 Å². The monoisotopic (exact) mass is 342 g/mol. The van der Waals surface area contributed by atoms with Gasteiger partial charge in [-0.2, -0.15) is 0 Å². The Morgan fingerprint density at radius 3 is 2.48 bits per heavy atom. The van der Waals surface area contributed by atoms with Gasteiger partial charge in [0.25, 0.3) is 0 Å². The van der Waals surface area contributed by atoms with Gasteiger partial charge < -0.3 is 20.8 Å². The van der Waals surface area contributed by atoms with Crippen molar-refractivity contribution in [2.45, 2.75) is 38.8 Å². The zero-order valence-electron chi connectivity index (χ0n) is 14.7. The normalized spacial score (nSPS) is 13.1. The molecule has 2 rings (SSSR count). The Hall–Kier alpha value is -2.53. The summed E-state index contributed by atoms with van der Waals surface area (Å²) in [5.74, 6) is 0.251. The van der Waals surface area contributed by atoms with Crippen LogP contribution in [0.1, 0.15) is 36.1 Å². The van der Waals surface area contributed by atoms with E-state index in [2.05, 4.69) is 10.6 Å². The summed E-state index contributed by atoms with van der Waals surface area (Å²) in [4.78, 5) is 12.0. The maximum Gasteiger partial charge on any atom is 0.315 e. The molecule has 2 unspecified atom stereocenters. The third kappa shape index (κ3) is 6.12. The molecular weight excluding hydrogens is 316 g/mol. The van der Waals surface area contributed by atoms with Crippen molar-refractivity contribution >= 4 is 6.03 Å². The molecule has 2 aromatic rings. The van der Waals surface area contributed by atoms with Crippen LogP contribution in [-0.2, 0) is 6.42 Å². The minimum Gasteiger partial charge on any atom is -0.508 e. The van der Waals surface area contributed by atoms with Crippen LogP contribution in [0.3, 0.4) is 0 Å². The van der Waals surface area contributed by atoms with Crippen molar-refractivity contribution in [3.8, 4) is 5.75 Å². The number of urea groups is 1. The number of phenolic OH excluding ortho intramolecular Hbond substituents is 1. The minimum absolute atomic E-state index is 0.00408. The van der Waals surface area contributed by atoms with Crippen molar-refractivity contribution in [1.29, 1.82) is 0 Å². The summed E-state index contributed by atoms with van der Waals surface area (Å²) < 4.78 is 0. The Kier molecular flexibility index (Phi) is 6.83. The quantitative estimate of drug-likeness (QED) is 0.624. The molecule has 0 fully saturated rings. The number of hydrogen-bond acceptors (Lipinski definition) is 3. The van der Waals surface area contributed by atoms with Gasteiger partial charge in [0.15, 0.2) is 0 Å². The number of aliphatic hydroxyl groups is 1. The minimum atomic E-state index is -0.723. The van der Waals surface area contributed by atoms with Crippen molar-refractivity contribution < 1.29 is 15.0 Å². The first-order chi connectivity index (χ1) is 12.0. The number of aromatic hydroxyl groups is 1. The summed E-state index contributed by atoms with van der Waals surface area (Å²) in [7, 11) is 0. The number of rotatable bonds is 7. The number of hydrogen-bond donors (Lipinski definition) is 4. The predicted octanol–water partition coefficient (Wildman–Crippen LogP) is 3.05. The summed E-state index contributed by atoms with van der Waals surface area (Å²) in [5, 5.41) is 25.1. The van der Waals surface area contributed by atoms with Gasteiger partial charge in [-0.15, -0.1) is 0 Å². The van der Waals surface area contributed by atoms with Gasteiger partial charge in [0.1, 0.15) is 5.75 Å². The molecule has 2 aromatic carbocycles. The Morgan fingerprint density at radius 2 is 1.80 bits per heavy atom. The van der Waals surface area contributed by atoms with Crippen LogP contribution in [0.4, 0.5) is 4.79 Å². The summed E-state index contributed by atoms with van der Waals surface area (Å²) in [6.07, 6.45) is 0.880. The Morgan fingerprint density at radius 1 is 1.12 bits per heavy atom. The number of aryl methyl sites for hydroxylation is 2. The topological polar surface area (TPSA) is 81.6 Å². The highest BCUT2D eigenvalue weighted by Crippen LogP contribution is 2.16. The van der Waals surface area contributed by atoms with E-state index in [0.29, 0.717) is 0 Å². The molecule has 0 radical (unpaired) electrons. The molecule has 2 amide bonds. The summed E-state index contributed by atoms with van der Waals surface area (Å²) in [5.41, 5.74) is 2.93. The van der Waals surface area contributed by atoms with Gasteiger partial charge in [-0.3, -0.25) is 0 Å². The first-order valence-electron chi connectivity index (χ1n) is 8.51. The lowest BCUT2D eigenvalue weighted by molar-refractivity contribution is 0.172. The second-order valence-electron chi connectivity index (χ2n) is 6.33. The van der Waals surface area contributed by atoms with Gasteiger partial charge in [0.05, 0.1) is 6.10 Å². The molecular formula is C20H26N2O3. The van der Waals surface area contributed by atoms with Crippen molar-refractivity contribution in [2.24, 2.45) is 0 Å². The van der Waals surface area contributed by atoms with Crippen LogP contribution in [0.5, 0.6) is 5.75 Å². The SMILES string of the molecule is Cc1ccccc1C(O)CNC(=O)NC(C)CCc1ccc(O)cc1. The lowest BCUT2D eigenvalue weighted by Crippen LogP contribution is -2.42. The smallest absolute Gasteiger partial charge is 0.315 e. The van der Waals surface area contributed by atoms with Gasteiger partial charge in [-0.25, -0.2) is 4.79 Å². The van der Waals surface area contributed by atoms with Crippen molar-refractivity contribution in [2.75, 3.05) is 6.54 Å². The van der Waals surface area contributed by atoms with E-state index in [1.54, 1.807) is 12.1 Å². The highest BCUT2D eigenvalue weighted by molar-refractivity contribution is 5.74. The first-order valence-corrected chi connectivity index (χ1v) is 8.51. The molecule has 0 heterocycles. The van der Waals surface area contributed by atoms with Crippen molar-refractivity contribution in [3.05, 3.63) is 65.2 Å². The fourth-order valence-electron chi connectivity index (χ4n) is 2.65. The van der Waals surface area contributed by atoms with E-state index in [1.165, 1.54) is 0 Å². The van der Waals surface area contributed by atoms with Crippen molar-refractivity contribution in [1.82, 2.24) is 10.6 Å². The van der Waals surface area contributed by atoms with E-state index in [9.17, 15) is 15.0 Å². The second kappa shape index (κ2) is 9.08. The van der Waals surface area contributed by atoms with Crippen LogP contribution < -0.4 is 10.6 Å². The molecule has 0 saturated heterocycles. The average Bonchev–Trinajstić information content (AvgIpc) is 2.59. The lowest BCUT2D eigenvalue weighted by Gasteiger charge is -2.17. The molecule has 2 atom stereocenters. The molecule has 0 bridgehead atoms. The third-order valence-electron chi connectivity index (χ3n) is 4.18. The van der Waals surface area contributed by atoms with Crippen LogP contribution >= 0.6 is 0 Å². The predicted molar refractivity (Wildman–Crippen MR) is 98.6 cm³/mol.